The highest BCUT2D eigenvalue weighted by Crippen LogP contribution is 2.28. The molecule has 1 atom stereocenters. The second-order valence-electron chi connectivity index (χ2n) is 8.34. The SMILES string of the molecule is C[C@](CCCCNC(=O)OCc1ccccc1)(C(=O)O)N(Cc1cccs1)C(=O)Cc1cccs1. The van der Waals surface area contributed by atoms with Gasteiger partial charge in [0.2, 0.25) is 5.91 Å². The number of benzene rings is 1. The molecule has 1 aromatic carbocycles. The van der Waals surface area contributed by atoms with Crippen molar-refractivity contribution in [3.05, 3.63) is 80.7 Å². The number of carbonyl (C=O) groups excluding carboxylic acids is 2. The Morgan fingerprint density at radius 2 is 1.66 bits per heavy atom. The van der Waals surface area contributed by atoms with Crippen molar-refractivity contribution in [3.8, 4) is 0 Å². The molecule has 0 aliphatic heterocycles. The van der Waals surface area contributed by atoms with Gasteiger partial charge in [-0.05, 0) is 54.6 Å². The van der Waals surface area contributed by atoms with Crippen LogP contribution in [0.5, 0.6) is 0 Å². The summed E-state index contributed by atoms with van der Waals surface area (Å²) in [6, 6.07) is 17.0. The van der Waals surface area contributed by atoms with Gasteiger partial charge in [-0.3, -0.25) is 4.79 Å². The third-order valence-corrected chi connectivity index (χ3v) is 7.47. The van der Waals surface area contributed by atoms with Crippen LogP contribution in [0.25, 0.3) is 0 Å². The minimum absolute atomic E-state index is 0.167. The van der Waals surface area contributed by atoms with Gasteiger partial charge in [0.05, 0.1) is 13.0 Å². The summed E-state index contributed by atoms with van der Waals surface area (Å²) in [7, 11) is 0. The highest BCUT2D eigenvalue weighted by atomic mass is 32.1. The summed E-state index contributed by atoms with van der Waals surface area (Å²) in [5.74, 6) is -1.25. The molecule has 3 rings (SSSR count). The molecule has 0 aliphatic carbocycles. The fourth-order valence-corrected chi connectivity index (χ4v) is 5.06. The number of thiophene rings is 2. The minimum atomic E-state index is -1.37. The third-order valence-electron chi connectivity index (χ3n) is 5.73. The number of unbranched alkanes of at least 4 members (excludes halogenated alkanes) is 1. The first-order valence-electron chi connectivity index (χ1n) is 11.4. The summed E-state index contributed by atoms with van der Waals surface area (Å²) in [5.41, 5.74) is -0.468. The maximum atomic E-state index is 13.3. The first kappa shape index (κ1) is 26.4. The van der Waals surface area contributed by atoms with Gasteiger partial charge in [0, 0.05) is 16.3 Å². The van der Waals surface area contributed by atoms with E-state index in [0.29, 0.717) is 19.4 Å². The van der Waals surface area contributed by atoms with Crippen LogP contribution in [0.3, 0.4) is 0 Å². The van der Waals surface area contributed by atoms with Crippen molar-refractivity contribution in [2.24, 2.45) is 0 Å². The molecule has 0 aliphatic rings. The molecule has 35 heavy (non-hydrogen) atoms. The van der Waals surface area contributed by atoms with Crippen LogP contribution in [0.4, 0.5) is 4.79 Å². The van der Waals surface area contributed by atoms with Crippen molar-refractivity contribution in [3.63, 3.8) is 0 Å². The van der Waals surface area contributed by atoms with E-state index in [2.05, 4.69) is 5.32 Å². The number of amides is 2. The van der Waals surface area contributed by atoms with Crippen LogP contribution in [0.15, 0.2) is 65.4 Å². The summed E-state index contributed by atoms with van der Waals surface area (Å²) >= 11 is 2.98. The molecule has 9 heteroatoms. The highest BCUT2D eigenvalue weighted by molar-refractivity contribution is 7.10. The molecule has 2 N–H and O–H groups in total. The van der Waals surface area contributed by atoms with E-state index in [1.165, 1.54) is 27.6 Å². The van der Waals surface area contributed by atoms with Gasteiger partial charge in [-0.2, -0.15) is 0 Å². The number of nitrogens with zero attached hydrogens (tertiary/aromatic N) is 1. The molecule has 7 nitrogen and oxygen atoms in total. The van der Waals surface area contributed by atoms with Crippen LogP contribution in [0.2, 0.25) is 0 Å². The van der Waals surface area contributed by atoms with Crippen LogP contribution < -0.4 is 5.32 Å². The number of rotatable bonds is 13. The number of carboxylic acid groups (broad SMARTS) is 1. The number of carbonyl (C=O) groups is 3. The maximum absolute atomic E-state index is 13.3. The lowest BCUT2D eigenvalue weighted by molar-refractivity contribution is -0.159. The summed E-state index contributed by atoms with van der Waals surface area (Å²) < 4.78 is 5.20. The Morgan fingerprint density at radius 3 is 2.29 bits per heavy atom. The summed E-state index contributed by atoms with van der Waals surface area (Å²) in [6.07, 6.45) is 1.01. The molecule has 0 bridgehead atoms. The van der Waals surface area contributed by atoms with Crippen molar-refractivity contribution in [2.75, 3.05) is 6.54 Å². The van der Waals surface area contributed by atoms with Crippen molar-refractivity contribution in [1.29, 1.82) is 0 Å². The van der Waals surface area contributed by atoms with Crippen molar-refractivity contribution < 1.29 is 24.2 Å². The van der Waals surface area contributed by atoms with E-state index in [-0.39, 0.29) is 31.9 Å². The smallest absolute Gasteiger partial charge is 0.407 e. The largest absolute Gasteiger partial charge is 0.480 e. The Balaban J connectivity index is 1.55. The standard InChI is InChI=1S/C26H30N2O5S2/c1-26(24(30)31,13-5-6-14-27-25(32)33-19-20-9-3-2-4-10-20)28(18-22-12-8-16-35-22)23(29)17-21-11-7-15-34-21/h2-4,7-12,15-16H,5-6,13-14,17-19H2,1H3,(H,27,32)(H,30,31)/t26-/m0/s1. The number of alkyl carbamates (subject to hydrolysis) is 1. The summed E-state index contributed by atoms with van der Waals surface area (Å²) in [5, 5.41) is 16.7. The summed E-state index contributed by atoms with van der Waals surface area (Å²) in [4.78, 5) is 40.9. The van der Waals surface area contributed by atoms with Crippen LogP contribution >= 0.6 is 22.7 Å². The third kappa shape index (κ3) is 7.93. The fraction of sp³-hybridized carbons (Fsp3) is 0.346. The van der Waals surface area contributed by atoms with Gasteiger partial charge in [-0.1, -0.05) is 42.5 Å². The monoisotopic (exact) mass is 514 g/mol. The molecule has 0 saturated heterocycles. The fourth-order valence-electron chi connectivity index (χ4n) is 3.67. The molecule has 0 saturated carbocycles. The molecule has 0 radical (unpaired) electrons. The Hall–Kier alpha value is -3.17. The van der Waals surface area contributed by atoms with Gasteiger partial charge in [0.25, 0.3) is 0 Å². The average molecular weight is 515 g/mol. The van der Waals surface area contributed by atoms with E-state index >= 15 is 0 Å². The lowest BCUT2D eigenvalue weighted by Gasteiger charge is -2.38. The second-order valence-corrected chi connectivity index (χ2v) is 10.4. The average Bonchev–Trinajstić information content (AvgIpc) is 3.55. The highest BCUT2D eigenvalue weighted by Gasteiger charge is 2.42. The van der Waals surface area contributed by atoms with Gasteiger partial charge < -0.3 is 20.1 Å². The topological polar surface area (TPSA) is 95.9 Å². The lowest BCUT2D eigenvalue weighted by atomic mass is 9.91. The zero-order valence-corrected chi connectivity index (χ0v) is 21.3. The normalized spacial score (nSPS) is 12.5. The van der Waals surface area contributed by atoms with Crippen LogP contribution in [-0.4, -0.2) is 40.1 Å². The maximum Gasteiger partial charge on any atom is 0.407 e. The molecular formula is C26H30N2O5S2. The molecule has 2 amide bonds. The minimum Gasteiger partial charge on any atom is -0.480 e. The van der Waals surface area contributed by atoms with Crippen molar-refractivity contribution >= 4 is 40.6 Å². The lowest BCUT2D eigenvalue weighted by Crippen LogP contribution is -2.55. The van der Waals surface area contributed by atoms with Crippen LogP contribution in [0, 0.1) is 0 Å². The molecule has 186 valence electrons. The number of ether oxygens (including phenoxy) is 1. The Kier molecular flexibility index (Phi) is 9.86. The molecule has 2 aromatic heterocycles. The molecule has 0 unspecified atom stereocenters. The quantitative estimate of drug-likeness (QED) is 0.301. The van der Waals surface area contributed by atoms with E-state index in [9.17, 15) is 19.5 Å². The zero-order chi connectivity index (χ0) is 25.1. The molecule has 0 fully saturated rings. The number of nitrogens with one attached hydrogen (secondary N) is 1. The first-order chi connectivity index (χ1) is 16.9. The van der Waals surface area contributed by atoms with E-state index in [1.807, 2.05) is 65.4 Å². The molecule has 3 aromatic rings. The number of aliphatic carboxylic acids is 1. The van der Waals surface area contributed by atoms with Crippen molar-refractivity contribution in [1.82, 2.24) is 10.2 Å². The van der Waals surface area contributed by atoms with E-state index in [1.54, 1.807) is 6.92 Å². The van der Waals surface area contributed by atoms with Gasteiger partial charge >= 0.3 is 12.1 Å². The molecule has 0 spiro atoms. The van der Waals surface area contributed by atoms with E-state index < -0.39 is 17.6 Å². The number of hydrogen-bond donors (Lipinski definition) is 2. The summed E-state index contributed by atoms with van der Waals surface area (Å²) in [6.45, 7) is 2.40. The predicted octanol–water partition coefficient (Wildman–Crippen LogP) is 5.32. The predicted molar refractivity (Wildman–Crippen MR) is 137 cm³/mol. The first-order valence-corrected chi connectivity index (χ1v) is 13.2. The second kappa shape index (κ2) is 13.1. The zero-order valence-electron chi connectivity index (χ0n) is 19.6. The van der Waals surface area contributed by atoms with Crippen LogP contribution in [-0.2, 0) is 33.9 Å². The Bertz CT molecular complexity index is 1070. The van der Waals surface area contributed by atoms with Crippen LogP contribution in [0.1, 0.15) is 41.5 Å². The van der Waals surface area contributed by atoms with Crippen molar-refractivity contribution in [2.45, 2.75) is 51.3 Å². The van der Waals surface area contributed by atoms with Gasteiger partial charge in [-0.25, -0.2) is 9.59 Å². The van der Waals surface area contributed by atoms with Gasteiger partial charge in [0.15, 0.2) is 0 Å². The molecule has 2 heterocycles. The number of hydrogen-bond acceptors (Lipinski definition) is 6. The van der Waals surface area contributed by atoms with E-state index in [4.69, 9.17) is 4.74 Å². The van der Waals surface area contributed by atoms with Gasteiger partial charge in [-0.15, -0.1) is 22.7 Å². The Labute approximate surface area is 213 Å². The molecular weight excluding hydrogens is 484 g/mol. The van der Waals surface area contributed by atoms with Gasteiger partial charge in [0.1, 0.15) is 12.1 Å². The Morgan fingerprint density at radius 1 is 0.971 bits per heavy atom. The number of carboxylic acids is 1. The van der Waals surface area contributed by atoms with E-state index in [0.717, 1.165) is 15.3 Å².